The molecule has 0 fully saturated rings. The van der Waals surface area contributed by atoms with Gasteiger partial charge < -0.3 is 19.4 Å². The third-order valence-electron chi connectivity index (χ3n) is 12.8. The highest BCUT2D eigenvalue weighted by molar-refractivity contribution is 7.47. The molecule has 0 aliphatic carbocycles. The van der Waals surface area contributed by atoms with Gasteiger partial charge in [-0.15, -0.1) is 0 Å². The Kier molecular flexibility index (Phi) is 50.6. The molecule has 3 atom stereocenters. The number of nitrogens with one attached hydrogen (secondary N) is 1. The summed E-state index contributed by atoms with van der Waals surface area (Å²) >= 11 is 0. The van der Waals surface area contributed by atoms with Crippen molar-refractivity contribution >= 4 is 19.7 Å². The van der Waals surface area contributed by atoms with Crippen LogP contribution in [0.4, 0.5) is 0 Å². The minimum atomic E-state index is -4.46. The molecule has 422 valence electrons. The first-order valence-corrected chi connectivity index (χ1v) is 31.4. The fraction of sp³-hybridized carbons (Fsp3) is 0.746. The molecule has 0 rings (SSSR count). The zero-order valence-corrected chi connectivity index (χ0v) is 49.0. The highest BCUT2D eigenvalue weighted by Crippen LogP contribution is 2.43. The molecule has 0 bridgehead atoms. The van der Waals surface area contributed by atoms with Crippen molar-refractivity contribution in [2.75, 3.05) is 40.9 Å². The Labute approximate surface area is 450 Å². The van der Waals surface area contributed by atoms with E-state index in [0.29, 0.717) is 17.4 Å². The first-order chi connectivity index (χ1) is 35.4. The molecule has 3 unspecified atom stereocenters. The molecule has 73 heavy (non-hydrogen) atoms. The summed E-state index contributed by atoms with van der Waals surface area (Å²) < 4.78 is 30.6. The van der Waals surface area contributed by atoms with E-state index in [-0.39, 0.29) is 37.9 Å². The van der Waals surface area contributed by atoms with E-state index in [1.165, 1.54) is 128 Å². The Balaban J connectivity index is 5.27. The summed E-state index contributed by atoms with van der Waals surface area (Å²) in [5.41, 5.74) is 0. The number of ether oxygens (including phenoxy) is 1. The highest BCUT2D eigenvalue weighted by Gasteiger charge is 2.30. The Morgan fingerprint density at radius 1 is 0.479 bits per heavy atom. The average Bonchev–Trinajstić information content (AvgIpc) is 3.35. The van der Waals surface area contributed by atoms with Crippen molar-refractivity contribution in [1.82, 2.24) is 5.32 Å². The SMILES string of the molecule is CCCCC/C=C\C/C=C\C/C=C\C/C=C\CCCCCCCCCC(=O)OC(/C=C\CCCCCCCCCCC)C(COP(=O)(O)OCC[N+](C)(C)C)NC(=O)CC/C=C/C/C=C\CCCCCCCC. The van der Waals surface area contributed by atoms with Gasteiger partial charge in [-0.3, -0.25) is 18.6 Å². The Hall–Kier alpha value is -2.81. The molecule has 0 radical (unpaired) electrons. The summed E-state index contributed by atoms with van der Waals surface area (Å²) in [6.45, 7) is 6.91. The van der Waals surface area contributed by atoms with Crippen LogP contribution < -0.4 is 5.32 Å². The molecule has 0 heterocycles. The predicted molar refractivity (Wildman–Crippen MR) is 314 cm³/mol. The number of phosphoric ester groups is 1. The van der Waals surface area contributed by atoms with Crippen molar-refractivity contribution in [2.24, 2.45) is 0 Å². The number of amides is 1. The summed E-state index contributed by atoms with van der Waals surface area (Å²) in [6.07, 6.45) is 68.8. The van der Waals surface area contributed by atoms with E-state index >= 15 is 0 Å². The van der Waals surface area contributed by atoms with E-state index in [1.807, 2.05) is 39.4 Å². The molecule has 0 aromatic carbocycles. The quantitative estimate of drug-likeness (QED) is 0.0205. The van der Waals surface area contributed by atoms with Crippen LogP contribution in [0.1, 0.15) is 252 Å². The third kappa shape index (κ3) is 53.8. The second-order valence-electron chi connectivity index (χ2n) is 21.2. The largest absolute Gasteiger partial charge is 0.472 e. The van der Waals surface area contributed by atoms with Crippen LogP contribution in [0.15, 0.2) is 85.1 Å². The number of nitrogens with zero attached hydrogens (tertiary/aromatic N) is 1. The van der Waals surface area contributed by atoms with Gasteiger partial charge in [-0.05, 0) is 96.0 Å². The number of rotatable bonds is 53. The van der Waals surface area contributed by atoms with Gasteiger partial charge in [-0.1, -0.05) is 228 Å². The van der Waals surface area contributed by atoms with E-state index in [2.05, 4.69) is 92.9 Å². The van der Waals surface area contributed by atoms with E-state index in [0.717, 1.165) is 83.5 Å². The second-order valence-corrected chi connectivity index (χ2v) is 22.6. The number of phosphoric acid groups is 1. The van der Waals surface area contributed by atoms with Crippen LogP contribution in [0.25, 0.3) is 0 Å². The summed E-state index contributed by atoms with van der Waals surface area (Å²) in [7, 11) is 1.45. The summed E-state index contributed by atoms with van der Waals surface area (Å²) in [5, 5.41) is 3.00. The van der Waals surface area contributed by atoms with Crippen molar-refractivity contribution in [3.63, 3.8) is 0 Å². The lowest BCUT2D eigenvalue weighted by atomic mass is 10.1. The van der Waals surface area contributed by atoms with Crippen LogP contribution in [0.5, 0.6) is 0 Å². The maximum atomic E-state index is 13.4. The highest BCUT2D eigenvalue weighted by atomic mass is 31.2. The van der Waals surface area contributed by atoms with Crippen molar-refractivity contribution < 1.29 is 37.3 Å². The van der Waals surface area contributed by atoms with Gasteiger partial charge in [-0.2, -0.15) is 0 Å². The molecule has 2 N–H and O–H groups in total. The Bertz CT molecular complexity index is 1530. The molecule has 0 aromatic heterocycles. The molecule has 1 amide bonds. The zero-order chi connectivity index (χ0) is 53.6. The molecule has 0 spiro atoms. The van der Waals surface area contributed by atoms with Crippen LogP contribution in [0, 0.1) is 0 Å². The third-order valence-corrected chi connectivity index (χ3v) is 13.8. The smallest absolute Gasteiger partial charge is 0.456 e. The Morgan fingerprint density at radius 3 is 1.30 bits per heavy atom. The van der Waals surface area contributed by atoms with Crippen molar-refractivity contribution in [2.45, 2.75) is 264 Å². The standard InChI is InChI=1S/C63H113N2O7P/c1-7-10-13-16-19-22-25-27-28-29-30-31-32-33-34-35-36-38-41-44-47-50-53-56-63(67)72-61(54-51-48-45-42-39-24-21-18-15-12-9-3)60(59-71-73(68,69)70-58-57-65(4,5)6)64-62(66)55-52-49-46-43-40-37-26-23-20-17-14-11-8-2/h19,22,27-28,30-31,33-34,37,40,46,49,51,54,60-61H,7-18,20-21,23-26,29,32,35-36,38-39,41-45,47-48,50,52-53,55-59H2,1-6H3,(H-,64,66,68,69)/p+1/b22-19-,28-27-,31-30-,34-33-,40-37-,49-46+,54-51-. The number of hydrogen-bond donors (Lipinski definition) is 2. The number of allylic oxidation sites excluding steroid dienone is 13. The van der Waals surface area contributed by atoms with Gasteiger partial charge >= 0.3 is 13.8 Å². The van der Waals surface area contributed by atoms with Crippen LogP contribution in [-0.2, 0) is 27.9 Å². The minimum absolute atomic E-state index is 0.0258. The second kappa shape index (κ2) is 52.6. The molecule has 9 nitrogen and oxygen atoms in total. The zero-order valence-electron chi connectivity index (χ0n) is 48.1. The van der Waals surface area contributed by atoms with Crippen LogP contribution in [0.2, 0.25) is 0 Å². The molecule has 0 aliphatic heterocycles. The molecule has 10 heteroatoms. The van der Waals surface area contributed by atoms with E-state index in [9.17, 15) is 19.0 Å². The lowest BCUT2D eigenvalue weighted by molar-refractivity contribution is -0.870. The first kappa shape index (κ1) is 70.2. The summed E-state index contributed by atoms with van der Waals surface area (Å²) in [6, 6.07) is -0.886. The monoisotopic (exact) mass is 1040 g/mol. The van der Waals surface area contributed by atoms with Gasteiger partial charge in [0.15, 0.2) is 0 Å². The topological polar surface area (TPSA) is 111 Å². The average molecular weight is 1040 g/mol. The minimum Gasteiger partial charge on any atom is -0.456 e. The molecule has 0 saturated heterocycles. The fourth-order valence-corrected chi connectivity index (χ4v) is 8.88. The van der Waals surface area contributed by atoms with Crippen LogP contribution in [-0.4, -0.2) is 74.3 Å². The normalized spacial score (nSPS) is 14.3. The predicted octanol–water partition coefficient (Wildman–Crippen LogP) is 18.2. The van der Waals surface area contributed by atoms with Crippen molar-refractivity contribution in [3.05, 3.63) is 85.1 Å². The number of carbonyl (C=O) groups is 2. The van der Waals surface area contributed by atoms with Crippen LogP contribution >= 0.6 is 7.82 Å². The fourth-order valence-electron chi connectivity index (χ4n) is 8.15. The number of unbranched alkanes of at least 4 members (excludes halogenated alkanes) is 25. The van der Waals surface area contributed by atoms with Gasteiger partial charge in [-0.25, -0.2) is 4.57 Å². The molecular formula is C63H114N2O7P+. The summed E-state index contributed by atoms with van der Waals surface area (Å²) in [5.74, 6) is -0.599. The molecule has 0 aromatic rings. The first-order valence-electron chi connectivity index (χ1n) is 29.9. The van der Waals surface area contributed by atoms with Crippen molar-refractivity contribution in [3.8, 4) is 0 Å². The lowest BCUT2D eigenvalue weighted by Crippen LogP contribution is -2.47. The van der Waals surface area contributed by atoms with Crippen LogP contribution in [0.3, 0.4) is 0 Å². The molecular weight excluding hydrogens is 928 g/mol. The maximum Gasteiger partial charge on any atom is 0.472 e. The summed E-state index contributed by atoms with van der Waals surface area (Å²) in [4.78, 5) is 37.5. The lowest BCUT2D eigenvalue weighted by Gasteiger charge is -2.27. The number of likely N-dealkylation sites (N-methyl/N-ethyl adjacent to an activating group) is 1. The van der Waals surface area contributed by atoms with Gasteiger partial charge in [0.2, 0.25) is 5.91 Å². The molecule has 0 aliphatic rings. The van der Waals surface area contributed by atoms with E-state index in [1.54, 1.807) is 0 Å². The number of carbonyl (C=O) groups excluding carboxylic acids is 2. The molecule has 0 saturated carbocycles. The maximum absolute atomic E-state index is 13.4. The van der Waals surface area contributed by atoms with Gasteiger partial charge in [0.25, 0.3) is 0 Å². The van der Waals surface area contributed by atoms with E-state index in [4.69, 9.17) is 13.8 Å². The number of quaternary nitrogens is 1. The van der Waals surface area contributed by atoms with Gasteiger partial charge in [0.05, 0.1) is 33.8 Å². The number of esters is 1. The Morgan fingerprint density at radius 2 is 0.849 bits per heavy atom. The van der Waals surface area contributed by atoms with Gasteiger partial charge in [0.1, 0.15) is 19.3 Å². The number of hydrogen-bond acceptors (Lipinski definition) is 6. The van der Waals surface area contributed by atoms with E-state index < -0.39 is 20.0 Å². The van der Waals surface area contributed by atoms with Gasteiger partial charge in [0, 0.05) is 12.8 Å². The van der Waals surface area contributed by atoms with Crippen molar-refractivity contribution in [1.29, 1.82) is 0 Å².